The van der Waals surface area contributed by atoms with Crippen molar-refractivity contribution in [2.24, 2.45) is 11.7 Å². The van der Waals surface area contributed by atoms with Gasteiger partial charge in [0.25, 0.3) is 0 Å². The predicted molar refractivity (Wildman–Crippen MR) is 79.0 cm³/mol. The number of hydrogen-bond donors (Lipinski definition) is 1. The van der Waals surface area contributed by atoms with Gasteiger partial charge in [0.05, 0.1) is 6.04 Å². The van der Waals surface area contributed by atoms with Crippen molar-refractivity contribution in [2.75, 3.05) is 53.4 Å². The van der Waals surface area contributed by atoms with Gasteiger partial charge < -0.3 is 15.5 Å². The number of nitrogens with zero attached hydrogens (tertiary/aromatic N) is 3. The Bertz CT molecular complexity index is 283. The average Bonchev–Trinajstić information content (AvgIpc) is 2.62. The molecule has 0 bridgehead atoms. The summed E-state index contributed by atoms with van der Waals surface area (Å²) in [5, 5.41) is 0. The number of likely N-dealkylation sites (N-methyl/N-ethyl adjacent to an activating group) is 1. The van der Waals surface area contributed by atoms with Crippen LogP contribution in [0.15, 0.2) is 0 Å². The topological polar surface area (TPSA) is 52.8 Å². The van der Waals surface area contributed by atoms with E-state index in [-0.39, 0.29) is 11.9 Å². The average molecular weight is 270 g/mol. The van der Waals surface area contributed by atoms with Crippen LogP contribution in [0.25, 0.3) is 0 Å². The summed E-state index contributed by atoms with van der Waals surface area (Å²) in [6.45, 7) is 10.2. The normalized spacial score (nSPS) is 21.7. The van der Waals surface area contributed by atoms with Gasteiger partial charge in [0.1, 0.15) is 0 Å². The minimum Gasteiger partial charge on any atom is -0.347 e. The summed E-state index contributed by atoms with van der Waals surface area (Å²) in [6.07, 6.45) is 1.13. The molecule has 2 unspecified atom stereocenters. The first-order valence-electron chi connectivity index (χ1n) is 7.33. The third kappa shape index (κ3) is 5.09. The molecule has 0 aromatic heterocycles. The van der Waals surface area contributed by atoms with E-state index in [9.17, 15) is 4.79 Å². The van der Waals surface area contributed by atoms with Gasteiger partial charge >= 0.3 is 0 Å². The van der Waals surface area contributed by atoms with Crippen LogP contribution < -0.4 is 5.73 Å². The van der Waals surface area contributed by atoms with E-state index in [1.807, 2.05) is 21.0 Å². The quantitative estimate of drug-likeness (QED) is 0.768. The lowest BCUT2D eigenvalue weighted by atomic mass is 10.1. The Labute approximate surface area is 117 Å². The minimum atomic E-state index is -0.0121. The molecule has 1 amide bonds. The molecule has 2 atom stereocenters. The van der Waals surface area contributed by atoms with Crippen molar-refractivity contribution in [1.82, 2.24) is 14.7 Å². The van der Waals surface area contributed by atoms with Gasteiger partial charge in [0, 0.05) is 40.3 Å². The summed E-state index contributed by atoms with van der Waals surface area (Å²) >= 11 is 0. The highest BCUT2D eigenvalue weighted by molar-refractivity contribution is 5.80. The molecule has 0 spiro atoms. The van der Waals surface area contributed by atoms with Crippen molar-refractivity contribution >= 4 is 5.91 Å². The van der Waals surface area contributed by atoms with Crippen molar-refractivity contribution in [3.05, 3.63) is 0 Å². The summed E-state index contributed by atoms with van der Waals surface area (Å²) in [5.41, 5.74) is 5.69. The number of rotatable bonds is 5. The van der Waals surface area contributed by atoms with E-state index in [2.05, 4.69) is 16.7 Å². The number of amides is 1. The molecule has 0 aromatic rings. The molecule has 112 valence electrons. The summed E-state index contributed by atoms with van der Waals surface area (Å²) in [4.78, 5) is 18.5. The van der Waals surface area contributed by atoms with E-state index in [1.165, 1.54) is 0 Å². The molecule has 1 aliphatic rings. The number of hydrogen-bond acceptors (Lipinski definition) is 4. The predicted octanol–water partition coefficient (Wildman–Crippen LogP) is 0.0656. The highest BCUT2D eigenvalue weighted by atomic mass is 16.2. The molecule has 1 rings (SSSR count). The molecule has 2 N–H and O–H groups in total. The summed E-state index contributed by atoms with van der Waals surface area (Å²) in [6, 6.07) is -0.0121. The highest BCUT2D eigenvalue weighted by Gasteiger charge is 2.25. The molecule has 5 nitrogen and oxygen atoms in total. The van der Waals surface area contributed by atoms with Gasteiger partial charge in [-0.25, -0.2) is 0 Å². The van der Waals surface area contributed by atoms with Crippen LogP contribution in [-0.2, 0) is 4.79 Å². The Morgan fingerprint density at radius 2 is 1.89 bits per heavy atom. The fourth-order valence-electron chi connectivity index (χ4n) is 2.61. The van der Waals surface area contributed by atoms with Crippen molar-refractivity contribution in [2.45, 2.75) is 26.3 Å². The van der Waals surface area contributed by atoms with Crippen molar-refractivity contribution in [3.8, 4) is 0 Å². The molecule has 0 radical (unpaired) electrons. The summed E-state index contributed by atoms with van der Waals surface area (Å²) in [5.74, 6) is 0.746. The monoisotopic (exact) mass is 270 g/mol. The van der Waals surface area contributed by atoms with Crippen molar-refractivity contribution < 1.29 is 4.79 Å². The van der Waals surface area contributed by atoms with Gasteiger partial charge in [-0.2, -0.15) is 0 Å². The van der Waals surface area contributed by atoms with Crippen LogP contribution >= 0.6 is 0 Å². The molecule has 19 heavy (non-hydrogen) atoms. The molecule has 1 saturated heterocycles. The third-order valence-electron chi connectivity index (χ3n) is 3.94. The van der Waals surface area contributed by atoms with E-state index in [0.29, 0.717) is 5.92 Å². The van der Waals surface area contributed by atoms with Crippen LogP contribution in [0.5, 0.6) is 0 Å². The number of carbonyl (C=O) groups excluding carboxylic acids is 1. The SMILES string of the molecule is CC(CN)CN1CCCN(C(C)C(=O)N(C)C)CC1. The van der Waals surface area contributed by atoms with E-state index in [4.69, 9.17) is 5.73 Å². The maximum atomic E-state index is 12.0. The second-order valence-electron chi connectivity index (χ2n) is 5.94. The van der Waals surface area contributed by atoms with Gasteiger partial charge in [-0.05, 0) is 32.4 Å². The lowest BCUT2D eigenvalue weighted by Crippen LogP contribution is -2.46. The number of nitrogens with two attached hydrogens (primary N) is 1. The lowest BCUT2D eigenvalue weighted by Gasteiger charge is -2.29. The molecule has 1 heterocycles. The van der Waals surface area contributed by atoms with Crippen LogP contribution in [0, 0.1) is 5.92 Å². The third-order valence-corrected chi connectivity index (χ3v) is 3.94. The zero-order valence-electron chi connectivity index (χ0n) is 12.9. The molecule has 0 aliphatic carbocycles. The summed E-state index contributed by atoms with van der Waals surface area (Å²) < 4.78 is 0. The molecule has 1 aliphatic heterocycles. The van der Waals surface area contributed by atoms with Crippen molar-refractivity contribution in [3.63, 3.8) is 0 Å². The highest BCUT2D eigenvalue weighted by Crippen LogP contribution is 2.10. The molecule has 5 heteroatoms. The second kappa shape index (κ2) is 7.82. The first-order valence-corrected chi connectivity index (χ1v) is 7.33. The molecule has 0 saturated carbocycles. The van der Waals surface area contributed by atoms with Crippen LogP contribution in [0.4, 0.5) is 0 Å². The fourth-order valence-corrected chi connectivity index (χ4v) is 2.61. The van der Waals surface area contributed by atoms with Gasteiger partial charge in [-0.3, -0.25) is 9.69 Å². The molecular formula is C14H30N4O. The van der Waals surface area contributed by atoms with Gasteiger partial charge in [0.15, 0.2) is 0 Å². The Kier molecular flexibility index (Phi) is 6.75. The second-order valence-corrected chi connectivity index (χ2v) is 5.94. The van der Waals surface area contributed by atoms with Crippen molar-refractivity contribution in [1.29, 1.82) is 0 Å². The Morgan fingerprint density at radius 1 is 1.21 bits per heavy atom. The zero-order valence-corrected chi connectivity index (χ0v) is 12.9. The zero-order chi connectivity index (χ0) is 14.4. The molecule has 1 fully saturated rings. The van der Waals surface area contributed by atoms with E-state index < -0.39 is 0 Å². The Morgan fingerprint density at radius 3 is 2.47 bits per heavy atom. The van der Waals surface area contributed by atoms with E-state index in [0.717, 1.165) is 45.7 Å². The molecule has 0 aromatic carbocycles. The van der Waals surface area contributed by atoms with Crippen LogP contribution in [0.2, 0.25) is 0 Å². The van der Waals surface area contributed by atoms with Gasteiger partial charge in [-0.1, -0.05) is 6.92 Å². The standard InChI is InChI=1S/C14H30N4O/c1-12(10-15)11-17-6-5-7-18(9-8-17)13(2)14(19)16(3)4/h12-13H,5-11,15H2,1-4H3. The van der Waals surface area contributed by atoms with Gasteiger partial charge in [0.2, 0.25) is 5.91 Å². The Hall–Kier alpha value is -0.650. The fraction of sp³-hybridized carbons (Fsp3) is 0.929. The van der Waals surface area contributed by atoms with Crippen LogP contribution in [0.3, 0.4) is 0 Å². The lowest BCUT2D eigenvalue weighted by molar-refractivity contribution is -0.133. The maximum absolute atomic E-state index is 12.0. The first-order chi connectivity index (χ1) is 8.95. The van der Waals surface area contributed by atoms with Crippen LogP contribution in [0.1, 0.15) is 20.3 Å². The first kappa shape index (κ1) is 16.4. The Balaban J connectivity index is 2.47. The number of carbonyl (C=O) groups is 1. The smallest absolute Gasteiger partial charge is 0.239 e. The molecular weight excluding hydrogens is 240 g/mol. The van der Waals surface area contributed by atoms with Crippen LogP contribution in [-0.4, -0.2) is 80.0 Å². The summed E-state index contributed by atoms with van der Waals surface area (Å²) in [7, 11) is 3.65. The van der Waals surface area contributed by atoms with Gasteiger partial charge in [-0.15, -0.1) is 0 Å². The van der Waals surface area contributed by atoms with E-state index >= 15 is 0 Å². The minimum absolute atomic E-state index is 0.0121. The largest absolute Gasteiger partial charge is 0.347 e. The van der Waals surface area contributed by atoms with E-state index in [1.54, 1.807) is 4.90 Å². The maximum Gasteiger partial charge on any atom is 0.239 e.